The van der Waals surface area contributed by atoms with Gasteiger partial charge < -0.3 is 33.5 Å². The monoisotopic (exact) mass is 505 g/mol. The van der Waals surface area contributed by atoms with Crippen LogP contribution in [0.2, 0.25) is 0 Å². The molecule has 1 saturated heterocycles. The van der Waals surface area contributed by atoms with Crippen molar-refractivity contribution in [3.63, 3.8) is 0 Å². The first-order chi connectivity index (χ1) is 18.0. The maximum absolute atomic E-state index is 13.4. The van der Waals surface area contributed by atoms with Crippen molar-refractivity contribution in [1.82, 2.24) is 14.5 Å². The van der Waals surface area contributed by atoms with E-state index in [4.69, 9.17) is 18.9 Å². The molecule has 1 aromatic heterocycles. The van der Waals surface area contributed by atoms with Crippen LogP contribution in [0.15, 0.2) is 60.7 Å². The molecule has 3 heterocycles. The number of ketones is 1. The van der Waals surface area contributed by atoms with Crippen LogP contribution in [0, 0.1) is 0 Å². The van der Waals surface area contributed by atoms with Crippen molar-refractivity contribution in [2.75, 3.05) is 34.0 Å². The molecule has 0 saturated carbocycles. The number of hydrogen-bond acceptors (Lipinski definition) is 8. The molecule has 1 atom stereocenters. The molecule has 5 rings (SSSR count). The van der Waals surface area contributed by atoms with Gasteiger partial charge in [-0.25, -0.2) is 4.98 Å². The van der Waals surface area contributed by atoms with E-state index in [2.05, 4.69) is 4.98 Å². The molecule has 1 N–H and O–H groups in total. The van der Waals surface area contributed by atoms with Gasteiger partial charge in [0.05, 0.1) is 32.2 Å². The summed E-state index contributed by atoms with van der Waals surface area (Å²) in [6, 6.07) is 9.19. The number of benzene rings is 2. The lowest BCUT2D eigenvalue weighted by atomic mass is 9.94. The Morgan fingerprint density at radius 1 is 1.05 bits per heavy atom. The molecular formula is C27H27N3O7. The average Bonchev–Trinajstić information content (AvgIpc) is 3.54. The van der Waals surface area contributed by atoms with Gasteiger partial charge in [0.25, 0.3) is 11.7 Å². The van der Waals surface area contributed by atoms with Gasteiger partial charge in [0.15, 0.2) is 11.5 Å². The molecule has 3 aromatic rings. The number of aliphatic hydroxyl groups excluding tert-OH is 1. The topological polar surface area (TPSA) is 112 Å². The van der Waals surface area contributed by atoms with Gasteiger partial charge >= 0.3 is 0 Å². The summed E-state index contributed by atoms with van der Waals surface area (Å²) in [5, 5.41) is 11.4. The maximum Gasteiger partial charge on any atom is 0.295 e. The molecule has 1 amide bonds. The first kappa shape index (κ1) is 24.2. The molecule has 0 aliphatic carbocycles. The molecule has 192 valence electrons. The van der Waals surface area contributed by atoms with Crippen molar-refractivity contribution >= 4 is 17.4 Å². The van der Waals surface area contributed by atoms with Gasteiger partial charge in [-0.3, -0.25) is 9.59 Å². The predicted molar refractivity (Wildman–Crippen MR) is 133 cm³/mol. The second kappa shape index (κ2) is 10.3. The SMILES string of the molecule is COc1ccc(OC)c([C@H]2/C(=C(\O)c3ccc4c(c3)OCCO4)C(=O)C(=O)N2CCCn2ccnc2)c1. The van der Waals surface area contributed by atoms with Crippen molar-refractivity contribution < 1.29 is 33.6 Å². The van der Waals surface area contributed by atoms with Crippen LogP contribution in [-0.4, -0.2) is 65.2 Å². The number of aliphatic hydroxyl groups is 1. The van der Waals surface area contributed by atoms with Crippen LogP contribution in [0.4, 0.5) is 0 Å². The second-order valence-electron chi connectivity index (χ2n) is 8.61. The molecular weight excluding hydrogens is 478 g/mol. The fourth-order valence-corrected chi connectivity index (χ4v) is 4.68. The summed E-state index contributed by atoms with van der Waals surface area (Å²) in [6.07, 6.45) is 5.77. The number of ether oxygens (including phenoxy) is 4. The number of likely N-dealkylation sites (tertiary alicyclic amines) is 1. The minimum absolute atomic E-state index is 0.0316. The number of carbonyl (C=O) groups is 2. The number of amides is 1. The van der Waals surface area contributed by atoms with Gasteiger partial charge in [0.1, 0.15) is 30.5 Å². The van der Waals surface area contributed by atoms with E-state index < -0.39 is 17.7 Å². The van der Waals surface area contributed by atoms with Crippen molar-refractivity contribution in [3.05, 3.63) is 71.8 Å². The largest absolute Gasteiger partial charge is 0.507 e. The number of aromatic nitrogens is 2. The number of rotatable bonds is 8. The summed E-state index contributed by atoms with van der Waals surface area (Å²) in [4.78, 5) is 32.2. The Morgan fingerprint density at radius 3 is 2.59 bits per heavy atom. The smallest absolute Gasteiger partial charge is 0.295 e. The summed E-state index contributed by atoms with van der Waals surface area (Å²) in [6.45, 7) is 1.68. The number of nitrogens with zero attached hydrogens (tertiary/aromatic N) is 3. The van der Waals surface area contributed by atoms with E-state index in [1.165, 1.54) is 19.1 Å². The van der Waals surface area contributed by atoms with Gasteiger partial charge in [-0.2, -0.15) is 0 Å². The number of imidazole rings is 1. The van der Waals surface area contributed by atoms with Crippen LogP contribution in [-0.2, 0) is 16.1 Å². The van der Waals surface area contributed by atoms with Gasteiger partial charge in [0.2, 0.25) is 0 Å². The highest BCUT2D eigenvalue weighted by Gasteiger charge is 2.47. The van der Waals surface area contributed by atoms with Crippen LogP contribution in [0.25, 0.3) is 5.76 Å². The Morgan fingerprint density at radius 2 is 1.86 bits per heavy atom. The van der Waals surface area contributed by atoms with Crippen LogP contribution in [0.3, 0.4) is 0 Å². The Balaban J connectivity index is 1.60. The number of hydrogen-bond donors (Lipinski definition) is 1. The third-order valence-corrected chi connectivity index (χ3v) is 6.46. The van der Waals surface area contributed by atoms with E-state index in [1.54, 1.807) is 48.9 Å². The molecule has 0 bridgehead atoms. The fraction of sp³-hybridized carbons (Fsp3) is 0.296. The van der Waals surface area contributed by atoms with E-state index >= 15 is 0 Å². The van der Waals surface area contributed by atoms with Crippen LogP contribution in [0.1, 0.15) is 23.6 Å². The first-order valence-electron chi connectivity index (χ1n) is 11.9. The molecule has 2 aliphatic heterocycles. The maximum atomic E-state index is 13.4. The Kier molecular flexibility index (Phi) is 6.72. The van der Waals surface area contributed by atoms with Crippen molar-refractivity contribution in [2.45, 2.75) is 19.0 Å². The lowest BCUT2D eigenvalue weighted by Gasteiger charge is -2.27. The van der Waals surface area contributed by atoms with E-state index in [0.29, 0.717) is 60.3 Å². The first-order valence-corrected chi connectivity index (χ1v) is 11.9. The Bertz CT molecular complexity index is 1350. The van der Waals surface area contributed by atoms with Crippen LogP contribution in [0.5, 0.6) is 23.0 Å². The number of fused-ring (bicyclic) bond motifs is 1. The van der Waals surface area contributed by atoms with E-state index in [9.17, 15) is 14.7 Å². The quantitative estimate of drug-likeness (QED) is 0.282. The summed E-state index contributed by atoms with van der Waals surface area (Å²) < 4.78 is 24.1. The van der Waals surface area contributed by atoms with E-state index in [0.717, 1.165) is 0 Å². The molecule has 10 nitrogen and oxygen atoms in total. The minimum atomic E-state index is -0.888. The zero-order valence-electron chi connectivity index (χ0n) is 20.5. The van der Waals surface area contributed by atoms with E-state index in [-0.39, 0.29) is 17.9 Å². The zero-order valence-corrected chi connectivity index (χ0v) is 20.5. The highest BCUT2D eigenvalue weighted by atomic mass is 16.6. The van der Waals surface area contributed by atoms with Crippen LogP contribution >= 0.6 is 0 Å². The zero-order chi connectivity index (χ0) is 25.9. The highest BCUT2D eigenvalue weighted by Crippen LogP contribution is 2.44. The number of Topliss-reactive ketones (excluding diaryl/α,β-unsaturated/α-hetero) is 1. The highest BCUT2D eigenvalue weighted by molar-refractivity contribution is 6.46. The average molecular weight is 506 g/mol. The molecule has 37 heavy (non-hydrogen) atoms. The molecule has 0 spiro atoms. The summed E-state index contributed by atoms with van der Waals surface area (Å²) >= 11 is 0. The lowest BCUT2D eigenvalue weighted by molar-refractivity contribution is -0.140. The number of carbonyl (C=O) groups excluding carboxylic acids is 2. The molecule has 10 heteroatoms. The third kappa shape index (κ3) is 4.57. The molecule has 1 fully saturated rings. The second-order valence-corrected chi connectivity index (χ2v) is 8.61. The van der Waals surface area contributed by atoms with Crippen LogP contribution < -0.4 is 18.9 Å². The van der Waals surface area contributed by atoms with Gasteiger partial charge in [-0.15, -0.1) is 0 Å². The Labute approximate surface area is 213 Å². The van der Waals surface area contributed by atoms with Gasteiger partial charge in [-0.05, 0) is 42.8 Å². The lowest BCUT2D eigenvalue weighted by Crippen LogP contribution is -2.31. The predicted octanol–water partition coefficient (Wildman–Crippen LogP) is 3.18. The number of aryl methyl sites for hydroxylation is 1. The molecule has 2 aliphatic rings. The standard InChI is InChI=1S/C27H27N3O7/c1-34-18-5-7-20(35-2)19(15-18)24-23(25(31)17-4-6-21-22(14-17)37-13-12-36-21)26(32)27(33)30(24)10-3-9-29-11-8-28-16-29/h4-8,11,14-16,24,31H,3,9-10,12-13H2,1-2H3/b25-23+/t24-/m0/s1. The van der Waals surface area contributed by atoms with Gasteiger partial charge in [0, 0.05) is 36.6 Å². The summed E-state index contributed by atoms with van der Waals surface area (Å²) in [5.74, 6) is 0.223. The number of methoxy groups -OCH3 is 2. The Hall–Kier alpha value is -4.47. The molecule has 2 aromatic carbocycles. The minimum Gasteiger partial charge on any atom is -0.507 e. The van der Waals surface area contributed by atoms with Crippen molar-refractivity contribution in [3.8, 4) is 23.0 Å². The van der Waals surface area contributed by atoms with E-state index in [1.807, 2.05) is 10.8 Å². The molecule has 0 unspecified atom stereocenters. The third-order valence-electron chi connectivity index (χ3n) is 6.46. The molecule has 0 radical (unpaired) electrons. The normalized spacial score (nSPS) is 18.2. The summed E-state index contributed by atoms with van der Waals surface area (Å²) in [5.41, 5.74) is 0.839. The summed E-state index contributed by atoms with van der Waals surface area (Å²) in [7, 11) is 3.04. The fourth-order valence-electron chi connectivity index (χ4n) is 4.68. The van der Waals surface area contributed by atoms with Crippen molar-refractivity contribution in [1.29, 1.82) is 0 Å². The van der Waals surface area contributed by atoms with Crippen molar-refractivity contribution in [2.24, 2.45) is 0 Å². The van der Waals surface area contributed by atoms with Gasteiger partial charge in [-0.1, -0.05) is 0 Å².